The molecule has 2 rings (SSSR count). The molecule has 0 aromatic heterocycles. The SMILES string of the molecule is NC1CCCCC1Nc1cc(Cl)ccc1Cl. The molecular weight excluding hydrogens is 243 g/mol. The van der Waals surface area contributed by atoms with E-state index in [2.05, 4.69) is 5.32 Å². The van der Waals surface area contributed by atoms with Gasteiger partial charge in [0.2, 0.25) is 0 Å². The molecule has 1 saturated carbocycles. The molecule has 2 nitrogen and oxygen atoms in total. The van der Waals surface area contributed by atoms with E-state index in [1.807, 2.05) is 6.07 Å². The Hall–Kier alpha value is -0.440. The van der Waals surface area contributed by atoms with Gasteiger partial charge in [-0.3, -0.25) is 0 Å². The minimum Gasteiger partial charge on any atom is -0.380 e. The van der Waals surface area contributed by atoms with E-state index in [0.717, 1.165) is 18.5 Å². The molecule has 0 spiro atoms. The highest BCUT2D eigenvalue weighted by Gasteiger charge is 2.22. The number of halogens is 2. The van der Waals surface area contributed by atoms with Crippen LogP contribution in [0.4, 0.5) is 5.69 Å². The Bertz CT molecular complexity index is 368. The number of nitrogens with one attached hydrogen (secondary N) is 1. The highest BCUT2D eigenvalue weighted by molar-refractivity contribution is 6.35. The van der Waals surface area contributed by atoms with E-state index in [1.165, 1.54) is 12.8 Å². The van der Waals surface area contributed by atoms with Crippen LogP contribution in [0.2, 0.25) is 10.0 Å². The first-order chi connectivity index (χ1) is 7.66. The Morgan fingerprint density at radius 1 is 1.19 bits per heavy atom. The van der Waals surface area contributed by atoms with Crippen molar-refractivity contribution in [3.63, 3.8) is 0 Å². The summed E-state index contributed by atoms with van der Waals surface area (Å²) in [5.41, 5.74) is 6.96. The van der Waals surface area contributed by atoms with Crippen molar-refractivity contribution in [3.8, 4) is 0 Å². The van der Waals surface area contributed by atoms with Gasteiger partial charge >= 0.3 is 0 Å². The first-order valence-electron chi connectivity index (χ1n) is 5.64. The molecule has 0 amide bonds. The van der Waals surface area contributed by atoms with Crippen LogP contribution < -0.4 is 11.1 Å². The molecular formula is C12H16Cl2N2. The van der Waals surface area contributed by atoms with Gasteiger partial charge in [-0.25, -0.2) is 0 Å². The molecule has 1 aliphatic rings. The number of hydrogen-bond acceptors (Lipinski definition) is 2. The first kappa shape index (κ1) is 12.0. The van der Waals surface area contributed by atoms with Crippen molar-refractivity contribution >= 4 is 28.9 Å². The second kappa shape index (κ2) is 5.26. The van der Waals surface area contributed by atoms with Gasteiger partial charge in [0.05, 0.1) is 10.7 Å². The maximum atomic E-state index is 6.10. The zero-order valence-corrected chi connectivity index (χ0v) is 10.6. The summed E-state index contributed by atoms with van der Waals surface area (Å²) in [4.78, 5) is 0. The van der Waals surface area contributed by atoms with Gasteiger partial charge in [0, 0.05) is 17.1 Å². The highest BCUT2D eigenvalue weighted by atomic mass is 35.5. The average molecular weight is 259 g/mol. The largest absolute Gasteiger partial charge is 0.380 e. The Labute approximate surface area is 106 Å². The van der Waals surface area contributed by atoms with Gasteiger partial charge in [0.25, 0.3) is 0 Å². The minimum atomic E-state index is 0.212. The van der Waals surface area contributed by atoms with Gasteiger partial charge in [-0.15, -0.1) is 0 Å². The smallest absolute Gasteiger partial charge is 0.0638 e. The lowest BCUT2D eigenvalue weighted by Gasteiger charge is -2.30. The molecule has 0 heterocycles. The van der Waals surface area contributed by atoms with Gasteiger partial charge in [-0.05, 0) is 31.0 Å². The summed E-state index contributed by atoms with van der Waals surface area (Å²) >= 11 is 12.0. The molecule has 1 fully saturated rings. The topological polar surface area (TPSA) is 38.0 Å². The van der Waals surface area contributed by atoms with Crippen LogP contribution in [0.15, 0.2) is 18.2 Å². The normalized spacial score (nSPS) is 25.4. The quantitative estimate of drug-likeness (QED) is 0.850. The standard InChI is InChI=1S/C12H16Cl2N2/c13-8-5-6-9(14)12(7-8)16-11-4-2-1-3-10(11)15/h5-7,10-11,16H,1-4,15H2. The van der Waals surface area contributed by atoms with E-state index >= 15 is 0 Å². The molecule has 2 atom stereocenters. The van der Waals surface area contributed by atoms with Gasteiger partial charge in [-0.1, -0.05) is 36.0 Å². The van der Waals surface area contributed by atoms with Crippen LogP contribution in [0.3, 0.4) is 0 Å². The number of benzene rings is 1. The van der Waals surface area contributed by atoms with Crippen molar-refractivity contribution < 1.29 is 0 Å². The molecule has 2 unspecified atom stereocenters. The van der Waals surface area contributed by atoms with Gasteiger partial charge < -0.3 is 11.1 Å². The maximum absolute atomic E-state index is 6.10. The van der Waals surface area contributed by atoms with Crippen LogP contribution in [0.5, 0.6) is 0 Å². The van der Waals surface area contributed by atoms with Crippen molar-refractivity contribution in [1.82, 2.24) is 0 Å². The maximum Gasteiger partial charge on any atom is 0.0638 e. The Kier molecular flexibility index (Phi) is 3.95. The zero-order chi connectivity index (χ0) is 11.5. The van der Waals surface area contributed by atoms with Gasteiger partial charge in [0.1, 0.15) is 0 Å². The molecule has 88 valence electrons. The molecule has 0 bridgehead atoms. The Morgan fingerprint density at radius 3 is 2.69 bits per heavy atom. The molecule has 0 aliphatic heterocycles. The van der Waals surface area contributed by atoms with Gasteiger partial charge in [-0.2, -0.15) is 0 Å². The third kappa shape index (κ3) is 2.82. The van der Waals surface area contributed by atoms with E-state index in [4.69, 9.17) is 28.9 Å². The van der Waals surface area contributed by atoms with Crippen molar-refractivity contribution in [3.05, 3.63) is 28.2 Å². The van der Waals surface area contributed by atoms with Crippen LogP contribution in [-0.4, -0.2) is 12.1 Å². The first-order valence-corrected chi connectivity index (χ1v) is 6.39. The van der Waals surface area contributed by atoms with Crippen LogP contribution in [0, 0.1) is 0 Å². The summed E-state index contributed by atoms with van der Waals surface area (Å²) in [7, 11) is 0. The predicted molar refractivity (Wildman–Crippen MR) is 70.3 cm³/mol. The lowest BCUT2D eigenvalue weighted by molar-refractivity contribution is 0.404. The van der Waals surface area contributed by atoms with E-state index in [0.29, 0.717) is 16.1 Å². The Morgan fingerprint density at radius 2 is 1.94 bits per heavy atom. The van der Waals surface area contributed by atoms with Crippen LogP contribution in [0.25, 0.3) is 0 Å². The van der Waals surface area contributed by atoms with Crippen molar-refractivity contribution in [2.45, 2.75) is 37.8 Å². The molecule has 4 heteroatoms. The molecule has 1 aromatic rings. The third-order valence-electron chi connectivity index (χ3n) is 3.09. The minimum absolute atomic E-state index is 0.212. The van der Waals surface area contributed by atoms with E-state index in [-0.39, 0.29) is 6.04 Å². The molecule has 1 aromatic carbocycles. The summed E-state index contributed by atoms with van der Waals surface area (Å²) in [5.74, 6) is 0. The number of nitrogens with two attached hydrogens (primary N) is 1. The van der Waals surface area contributed by atoms with Crippen molar-refractivity contribution in [1.29, 1.82) is 0 Å². The summed E-state index contributed by atoms with van der Waals surface area (Å²) in [5, 5.41) is 4.79. The molecule has 0 saturated heterocycles. The van der Waals surface area contributed by atoms with Crippen LogP contribution in [-0.2, 0) is 0 Å². The zero-order valence-electron chi connectivity index (χ0n) is 9.05. The fourth-order valence-corrected chi connectivity index (χ4v) is 2.49. The Balaban J connectivity index is 2.10. The monoisotopic (exact) mass is 258 g/mol. The number of hydrogen-bond donors (Lipinski definition) is 2. The molecule has 1 aliphatic carbocycles. The second-order valence-electron chi connectivity index (χ2n) is 4.32. The summed E-state index contributed by atoms with van der Waals surface area (Å²) in [6.07, 6.45) is 4.63. The van der Waals surface area contributed by atoms with Crippen LogP contribution in [0.1, 0.15) is 25.7 Å². The third-order valence-corrected chi connectivity index (χ3v) is 3.65. The van der Waals surface area contributed by atoms with E-state index in [9.17, 15) is 0 Å². The van der Waals surface area contributed by atoms with Crippen molar-refractivity contribution in [2.75, 3.05) is 5.32 Å². The summed E-state index contributed by atoms with van der Waals surface area (Å²) in [6, 6.07) is 5.97. The molecule has 16 heavy (non-hydrogen) atoms. The lowest BCUT2D eigenvalue weighted by atomic mass is 9.91. The summed E-state index contributed by atoms with van der Waals surface area (Å²) < 4.78 is 0. The lowest BCUT2D eigenvalue weighted by Crippen LogP contribution is -2.42. The van der Waals surface area contributed by atoms with Crippen LogP contribution >= 0.6 is 23.2 Å². The number of anilines is 1. The molecule has 3 N–H and O–H groups in total. The fraction of sp³-hybridized carbons (Fsp3) is 0.500. The number of rotatable bonds is 2. The van der Waals surface area contributed by atoms with Gasteiger partial charge in [0.15, 0.2) is 0 Å². The fourth-order valence-electron chi connectivity index (χ4n) is 2.15. The predicted octanol–water partition coefficient (Wildman–Crippen LogP) is 3.68. The van der Waals surface area contributed by atoms with E-state index < -0.39 is 0 Å². The van der Waals surface area contributed by atoms with Crippen molar-refractivity contribution in [2.24, 2.45) is 5.73 Å². The second-order valence-corrected chi connectivity index (χ2v) is 5.17. The summed E-state index contributed by atoms with van der Waals surface area (Å²) in [6.45, 7) is 0. The highest BCUT2D eigenvalue weighted by Crippen LogP contribution is 2.28. The molecule has 0 radical (unpaired) electrons. The average Bonchev–Trinajstić information content (AvgIpc) is 2.27. The van der Waals surface area contributed by atoms with E-state index in [1.54, 1.807) is 12.1 Å².